The number of azide groups is 1. The van der Waals surface area contributed by atoms with Crippen LogP contribution >= 0.6 is 0 Å². The van der Waals surface area contributed by atoms with E-state index in [0.29, 0.717) is 17.7 Å². The number of aliphatic hydroxyl groups is 1. The fourth-order valence-corrected chi connectivity index (χ4v) is 3.61. The number of fused-ring (bicyclic) bond motifs is 1. The van der Waals surface area contributed by atoms with E-state index >= 15 is 0 Å². The quantitative estimate of drug-likeness (QED) is 0.300. The molecule has 0 radical (unpaired) electrons. The summed E-state index contributed by atoms with van der Waals surface area (Å²) < 4.78 is 2.17. The highest BCUT2D eigenvalue weighted by Crippen LogP contribution is 2.35. The number of anilines is 1. The van der Waals surface area contributed by atoms with Crippen LogP contribution in [0.4, 0.5) is 5.82 Å². The predicted octanol–water partition coefficient (Wildman–Crippen LogP) is 1.98. The molecule has 1 unspecified atom stereocenters. The Morgan fingerprint density at radius 1 is 1.00 bits per heavy atom. The predicted molar refractivity (Wildman–Crippen MR) is 114 cm³/mol. The molecule has 0 saturated carbocycles. The molecule has 0 amide bonds. The summed E-state index contributed by atoms with van der Waals surface area (Å²) in [6.45, 7) is 0. The van der Waals surface area contributed by atoms with E-state index in [2.05, 4.69) is 10.0 Å². The first-order valence-corrected chi connectivity index (χ1v) is 9.20. The van der Waals surface area contributed by atoms with Gasteiger partial charge in [-0.15, -0.1) is 0 Å². The SMILES string of the molecule is CN1c2c(c(=O)n(-c3ccccc3)c(=O)n2-c2ccccc2)C(N=[N+]=[N-])=C(C=O)C1O. The number of benzene rings is 2. The van der Waals surface area contributed by atoms with Crippen molar-refractivity contribution in [3.05, 3.63) is 103 Å². The van der Waals surface area contributed by atoms with E-state index in [-0.39, 0.29) is 22.7 Å². The number of carbonyl (C=O) groups excluding carboxylic acids is 1. The van der Waals surface area contributed by atoms with Crippen LogP contribution in [0.5, 0.6) is 0 Å². The van der Waals surface area contributed by atoms with E-state index in [1.54, 1.807) is 60.7 Å². The average Bonchev–Trinajstić information content (AvgIpc) is 2.79. The fraction of sp³-hybridized carbons (Fsp3) is 0.0952. The summed E-state index contributed by atoms with van der Waals surface area (Å²) in [6, 6.07) is 16.8. The third kappa shape index (κ3) is 3.03. The first-order chi connectivity index (χ1) is 15.0. The van der Waals surface area contributed by atoms with E-state index in [4.69, 9.17) is 5.53 Å². The second kappa shape index (κ2) is 7.79. The number of hydrogen-bond donors (Lipinski definition) is 1. The Balaban J connectivity index is 2.27. The van der Waals surface area contributed by atoms with Gasteiger partial charge >= 0.3 is 5.69 Å². The molecule has 2 aromatic carbocycles. The van der Waals surface area contributed by atoms with Gasteiger partial charge in [0.2, 0.25) is 0 Å². The fourth-order valence-electron chi connectivity index (χ4n) is 3.61. The van der Waals surface area contributed by atoms with Crippen molar-refractivity contribution in [3.63, 3.8) is 0 Å². The van der Waals surface area contributed by atoms with Crippen molar-refractivity contribution in [1.82, 2.24) is 9.13 Å². The van der Waals surface area contributed by atoms with Gasteiger partial charge in [0.15, 0.2) is 12.5 Å². The topological polar surface area (TPSA) is 133 Å². The standard InChI is InChI=1S/C21H16N6O4/c1-25-18-16(17(23-24-22)15(12-28)19(25)29)20(30)27(14-10-6-3-7-11-14)21(31)26(18)13-8-4-2-5-9-13/h2-12,19,29H,1H3. The highest BCUT2D eigenvalue weighted by atomic mass is 16.3. The van der Waals surface area contributed by atoms with E-state index in [1.165, 1.54) is 16.5 Å². The number of hydrogen-bond acceptors (Lipinski definition) is 6. The van der Waals surface area contributed by atoms with Crippen LogP contribution in [0, 0.1) is 0 Å². The minimum Gasteiger partial charge on any atom is -0.369 e. The summed E-state index contributed by atoms with van der Waals surface area (Å²) in [5.41, 5.74) is 7.55. The molecule has 0 aliphatic carbocycles. The van der Waals surface area contributed by atoms with E-state index in [0.717, 1.165) is 4.57 Å². The summed E-state index contributed by atoms with van der Waals surface area (Å²) >= 11 is 0. The van der Waals surface area contributed by atoms with Crippen LogP contribution in [0.2, 0.25) is 0 Å². The molecule has 3 aromatic rings. The van der Waals surface area contributed by atoms with Crippen molar-refractivity contribution in [3.8, 4) is 11.4 Å². The lowest BCUT2D eigenvalue weighted by Gasteiger charge is -2.35. The van der Waals surface area contributed by atoms with Crippen molar-refractivity contribution in [1.29, 1.82) is 0 Å². The smallest absolute Gasteiger partial charge is 0.341 e. The average molecular weight is 416 g/mol. The first kappa shape index (κ1) is 19.9. The second-order valence-corrected chi connectivity index (χ2v) is 6.72. The zero-order chi connectivity index (χ0) is 22.1. The molecule has 154 valence electrons. The highest BCUT2D eigenvalue weighted by molar-refractivity contribution is 5.94. The minimum absolute atomic E-state index is 0.00822. The van der Waals surface area contributed by atoms with Crippen LogP contribution in [0.3, 0.4) is 0 Å². The Bertz CT molecular complexity index is 1370. The number of aliphatic hydroxyl groups excluding tert-OH is 1. The van der Waals surface area contributed by atoms with Crippen molar-refractivity contribution in [2.75, 3.05) is 11.9 Å². The molecule has 0 bridgehead atoms. The lowest BCUT2D eigenvalue weighted by Crippen LogP contribution is -2.48. The zero-order valence-corrected chi connectivity index (χ0v) is 16.3. The molecule has 4 rings (SSSR count). The van der Waals surface area contributed by atoms with Gasteiger partial charge in [0.1, 0.15) is 5.82 Å². The molecule has 1 N–H and O–H groups in total. The Labute approximate surface area is 175 Å². The summed E-state index contributed by atoms with van der Waals surface area (Å²) in [7, 11) is 1.44. The third-order valence-electron chi connectivity index (χ3n) is 5.02. The third-order valence-corrected chi connectivity index (χ3v) is 5.02. The molecule has 10 nitrogen and oxygen atoms in total. The number of para-hydroxylation sites is 2. The lowest BCUT2D eigenvalue weighted by atomic mass is 10.0. The number of nitrogens with zero attached hydrogens (tertiary/aromatic N) is 6. The van der Waals surface area contributed by atoms with Gasteiger partial charge in [0.05, 0.1) is 28.2 Å². The van der Waals surface area contributed by atoms with Crippen LogP contribution in [-0.4, -0.2) is 33.8 Å². The normalized spacial score (nSPS) is 15.3. The molecule has 1 aromatic heterocycles. The summed E-state index contributed by atoms with van der Waals surface area (Å²) in [5, 5.41) is 14.2. The minimum atomic E-state index is -1.52. The van der Waals surface area contributed by atoms with Gasteiger partial charge in [-0.05, 0) is 29.8 Å². The summed E-state index contributed by atoms with van der Waals surface area (Å²) in [4.78, 5) is 42.7. The van der Waals surface area contributed by atoms with E-state index in [9.17, 15) is 19.5 Å². The summed E-state index contributed by atoms with van der Waals surface area (Å²) in [5.74, 6) is 0.00822. The van der Waals surface area contributed by atoms with Crippen LogP contribution in [0.25, 0.3) is 27.5 Å². The molecule has 1 aliphatic heterocycles. The van der Waals surface area contributed by atoms with Gasteiger partial charge in [-0.2, -0.15) is 0 Å². The largest absolute Gasteiger partial charge is 0.369 e. The van der Waals surface area contributed by atoms with Crippen LogP contribution in [0.1, 0.15) is 5.56 Å². The Kier molecular flexibility index (Phi) is 5.00. The molecule has 0 saturated heterocycles. The number of rotatable bonds is 4. The molecule has 1 aliphatic rings. The first-order valence-electron chi connectivity index (χ1n) is 9.20. The van der Waals surface area contributed by atoms with Crippen molar-refractivity contribution in [2.24, 2.45) is 5.11 Å². The van der Waals surface area contributed by atoms with Gasteiger partial charge < -0.3 is 10.0 Å². The number of aromatic nitrogens is 2. The highest BCUT2D eigenvalue weighted by Gasteiger charge is 2.36. The van der Waals surface area contributed by atoms with E-state index in [1.807, 2.05) is 0 Å². The van der Waals surface area contributed by atoms with Gasteiger partial charge in [-0.3, -0.25) is 9.59 Å². The van der Waals surface area contributed by atoms with E-state index < -0.39 is 17.5 Å². The molecule has 10 heteroatoms. The molecule has 2 heterocycles. The maximum atomic E-state index is 13.6. The Morgan fingerprint density at radius 3 is 2.06 bits per heavy atom. The lowest BCUT2D eigenvalue weighted by molar-refractivity contribution is -0.105. The molecule has 1 atom stereocenters. The van der Waals surface area contributed by atoms with Crippen molar-refractivity contribution < 1.29 is 9.90 Å². The van der Waals surface area contributed by atoms with Crippen molar-refractivity contribution >= 4 is 17.8 Å². The zero-order valence-electron chi connectivity index (χ0n) is 16.3. The van der Waals surface area contributed by atoms with Crippen LogP contribution < -0.4 is 16.1 Å². The molecular weight excluding hydrogens is 400 g/mol. The number of likely N-dealkylation sites (N-methyl/N-ethyl adjacent to an activating group) is 1. The van der Waals surface area contributed by atoms with Crippen LogP contribution in [-0.2, 0) is 4.79 Å². The van der Waals surface area contributed by atoms with Crippen LogP contribution in [0.15, 0.2) is 80.9 Å². The number of carbonyl (C=O) groups is 1. The molecular formula is C21H16N6O4. The second-order valence-electron chi connectivity index (χ2n) is 6.72. The monoisotopic (exact) mass is 416 g/mol. The van der Waals surface area contributed by atoms with Gasteiger partial charge in [0.25, 0.3) is 5.56 Å². The molecule has 31 heavy (non-hydrogen) atoms. The maximum Gasteiger partial charge on any atom is 0.341 e. The number of aldehydes is 1. The maximum absolute atomic E-state index is 13.6. The van der Waals surface area contributed by atoms with Gasteiger partial charge in [-0.1, -0.05) is 41.5 Å². The Morgan fingerprint density at radius 2 is 1.55 bits per heavy atom. The Hall–Kier alpha value is -4.40. The van der Waals surface area contributed by atoms with Gasteiger partial charge in [0, 0.05) is 12.0 Å². The molecule has 0 spiro atoms. The summed E-state index contributed by atoms with van der Waals surface area (Å²) in [6.07, 6.45) is -1.19. The van der Waals surface area contributed by atoms with Crippen molar-refractivity contribution in [2.45, 2.75) is 6.23 Å². The van der Waals surface area contributed by atoms with Gasteiger partial charge in [-0.25, -0.2) is 13.9 Å². The molecule has 0 fully saturated rings.